The van der Waals surface area contributed by atoms with Crippen molar-refractivity contribution in [3.05, 3.63) is 82.7 Å². The van der Waals surface area contributed by atoms with Crippen LogP contribution in [0.25, 0.3) is 0 Å². The van der Waals surface area contributed by atoms with Gasteiger partial charge < -0.3 is 14.7 Å². The lowest BCUT2D eigenvalue weighted by Crippen LogP contribution is -2.43. The molecule has 0 saturated carbocycles. The second-order valence-electron chi connectivity index (χ2n) is 8.30. The minimum atomic E-state index is -0.0663. The van der Waals surface area contributed by atoms with Gasteiger partial charge in [-0.15, -0.1) is 11.8 Å². The van der Waals surface area contributed by atoms with Crippen LogP contribution in [0, 0.1) is 6.92 Å². The highest BCUT2D eigenvalue weighted by molar-refractivity contribution is 7.98. The first kappa shape index (κ1) is 22.6. The van der Waals surface area contributed by atoms with Crippen molar-refractivity contribution in [3.8, 4) is 0 Å². The molecule has 0 aliphatic carbocycles. The molecule has 3 aromatic rings. The summed E-state index contributed by atoms with van der Waals surface area (Å²) in [7, 11) is 2.18. The summed E-state index contributed by atoms with van der Waals surface area (Å²) in [5.74, 6) is 1.38. The van der Waals surface area contributed by atoms with Crippen molar-refractivity contribution < 1.29 is 9.32 Å². The molecule has 0 atom stereocenters. The van der Waals surface area contributed by atoms with E-state index in [0.717, 1.165) is 54.6 Å². The van der Waals surface area contributed by atoms with Gasteiger partial charge in [-0.05, 0) is 37.2 Å². The van der Waals surface area contributed by atoms with Crippen LogP contribution in [0.15, 0.2) is 64.0 Å². The molecule has 1 aromatic heterocycles. The molecule has 32 heavy (non-hydrogen) atoms. The van der Waals surface area contributed by atoms with E-state index >= 15 is 0 Å². The number of nitrogens with one attached hydrogen (secondary N) is 1. The molecule has 1 fully saturated rings. The zero-order valence-electron chi connectivity index (χ0n) is 18.7. The molecule has 4 rings (SSSR count). The maximum absolute atomic E-state index is 12.8. The van der Waals surface area contributed by atoms with E-state index in [-0.39, 0.29) is 5.91 Å². The van der Waals surface area contributed by atoms with Crippen molar-refractivity contribution in [3.63, 3.8) is 0 Å². The molecule has 7 heteroatoms. The minimum absolute atomic E-state index is 0.0663. The molecule has 168 valence electrons. The van der Waals surface area contributed by atoms with Gasteiger partial charge in [0.2, 0.25) is 0 Å². The molecular weight excluding hydrogens is 420 g/mol. The van der Waals surface area contributed by atoms with E-state index in [9.17, 15) is 4.79 Å². The van der Waals surface area contributed by atoms with Gasteiger partial charge in [0.1, 0.15) is 5.76 Å². The van der Waals surface area contributed by atoms with Gasteiger partial charge in [-0.3, -0.25) is 9.69 Å². The molecule has 1 N–H and O–H groups in total. The molecule has 0 bridgehead atoms. The Labute approximate surface area is 194 Å². The first-order valence-electron chi connectivity index (χ1n) is 11.0. The van der Waals surface area contributed by atoms with Crippen molar-refractivity contribution in [1.29, 1.82) is 0 Å². The molecule has 2 aromatic carbocycles. The Hall–Kier alpha value is -2.61. The van der Waals surface area contributed by atoms with E-state index < -0.39 is 0 Å². The van der Waals surface area contributed by atoms with Crippen LogP contribution in [0.3, 0.4) is 0 Å². The quantitative estimate of drug-likeness (QED) is 0.525. The summed E-state index contributed by atoms with van der Waals surface area (Å²) in [6, 6.07) is 18.2. The molecular formula is C25H30N4O2S. The van der Waals surface area contributed by atoms with Crippen LogP contribution >= 0.6 is 11.8 Å². The number of rotatable bonds is 8. The number of amides is 1. The number of likely N-dealkylation sites (N-methyl/N-ethyl adjacent to an activating group) is 1. The SMILES string of the molecule is Cc1cc(CSc2ccccc2C(=O)NCc2ccc(CN3CCN(C)CC3)cc2)on1. The highest BCUT2D eigenvalue weighted by Crippen LogP contribution is 2.26. The van der Waals surface area contributed by atoms with E-state index in [1.807, 2.05) is 37.3 Å². The average Bonchev–Trinajstić information content (AvgIpc) is 3.24. The van der Waals surface area contributed by atoms with Gasteiger partial charge in [0, 0.05) is 50.2 Å². The van der Waals surface area contributed by atoms with Crippen LogP contribution < -0.4 is 5.32 Å². The second kappa shape index (κ2) is 10.8. The summed E-state index contributed by atoms with van der Waals surface area (Å²) >= 11 is 1.58. The Morgan fingerprint density at radius 2 is 1.78 bits per heavy atom. The van der Waals surface area contributed by atoms with Gasteiger partial charge >= 0.3 is 0 Å². The maximum atomic E-state index is 12.8. The first-order valence-corrected chi connectivity index (χ1v) is 12.0. The minimum Gasteiger partial charge on any atom is -0.360 e. The summed E-state index contributed by atoms with van der Waals surface area (Å²) in [5.41, 5.74) is 3.96. The lowest BCUT2D eigenvalue weighted by Gasteiger charge is -2.32. The normalized spacial score (nSPS) is 15.1. The summed E-state index contributed by atoms with van der Waals surface area (Å²) in [4.78, 5) is 18.6. The molecule has 1 saturated heterocycles. The monoisotopic (exact) mass is 450 g/mol. The summed E-state index contributed by atoms with van der Waals surface area (Å²) in [5, 5.41) is 6.98. The molecule has 6 nitrogen and oxygen atoms in total. The van der Waals surface area contributed by atoms with Crippen LogP contribution in [-0.2, 0) is 18.8 Å². The fourth-order valence-corrected chi connectivity index (χ4v) is 4.64. The number of aromatic nitrogens is 1. The molecule has 0 radical (unpaired) electrons. The van der Waals surface area contributed by atoms with Crippen LogP contribution in [0.4, 0.5) is 0 Å². The topological polar surface area (TPSA) is 61.6 Å². The van der Waals surface area contributed by atoms with E-state index in [0.29, 0.717) is 17.9 Å². The van der Waals surface area contributed by atoms with Gasteiger partial charge in [0.25, 0.3) is 5.91 Å². The third-order valence-corrected chi connectivity index (χ3v) is 6.75. The zero-order chi connectivity index (χ0) is 22.3. The zero-order valence-corrected chi connectivity index (χ0v) is 19.5. The summed E-state index contributed by atoms with van der Waals surface area (Å²) in [6.45, 7) is 7.87. The third-order valence-electron chi connectivity index (χ3n) is 5.66. The molecule has 1 aliphatic rings. The third kappa shape index (κ3) is 6.22. The van der Waals surface area contributed by atoms with Crippen molar-refractivity contribution in [2.75, 3.05) is 33.2 Å². The molecule has 0 unspecified atom stereocenters. The Morgan fingerprint density at radius 3 is 2.50 bits per heavy atom. The van der Waals surface area contributed by atoms with Crippen LogP contribution in [-0.4, -0.2) is 54.1 Å². The number of nitrogens with zero attached hydrogens (tertiary/aromatic N) is 3. The Morgan fingerprint density at radius 1 is 1.06 bits per heavy atom. The average molecular weight is 451 g/mol. The number of hydrogen-bond donors (Lipinski definition) is 1. The number of hydrogen-bond acceptors (Lipinski definition) is 6. The number of benzene rings is 2. The number of piperazine rings is 1. The number of aryl methyl sites for hydroxylation is 1. The van der Waals surface area contributed by atoms with E-state index in [1.165, 1.54) is 5.56 Å². The van der Waals surface area contributed by atoms with Gasteiger partial charge in [0.05, 0.1) is 17.0 Å². The Kier molecular flexibility index (Phi) is 7.63. The van der Waals surface area contributed by atoms with Crippen LogP contribution in [0.5, 0.6) is 0 Å². The van der Waals surface area contributed by atoms with Gasteiger partial charge in [-0.2, -0.15) is 0 Å². The van der Waals surface area contributed by atoms with E-state index in [4.69, 9.17) is 4.52 Å². The maximum Gasteiger partial charge on any atom is 0.252 e. The highest BCUT2D eigenvalue weighted by Gasteiger charge is 2.14. The lowest BCUT2D eigenvalue weighted by atomic mass is 10.1. The largest absolute Gasteiger partial charge is 0.360 e. The Bertz CT molecular complexity index is 1030. The van der Waals surface area contributed by atoms with Crippen LogP contribution in [0.2, 0.25) is 0 Å². The molecule has 0 spiro atoms. The molecule has 1 amide bonds. The molecule has 1 aliphatic heterocycles. The first-order chi connectivity index (χ1) is 15.6. The van der Waals surface area contributed by atoms with Crippen molar-refractivity contribution in [1.82, 2.24) is 20.3 Å². The fourth-order valence-electron chi connectivity index (χ4n) is 3.72. The van der Waals surface area contributed by atoms with Gasteiger partial charge in [0.15, 0.2) is 0 Å². The van der Waals surface area contributed by atoms with Crippen molar-refractivity contribution in [2.45, 2.75) is 30.7 Å². The number of carbonyl (C=O) groups excluding carboxylic acids is 1. The summed E-state index contributed by atoms with van der Waals surface area (Å²) < 4.78 is 5.28. The van der Waals surface area contributed by atoms with Crippen molar-refractivity contribution in [2.24, 2.45) is 0 Å². The second-order valence-corrected chi connectivity index (χ2v) is 9.32. The van der Waals surface area contributed by atoms with Gasteiger partial charge in [-0.1, -0.05) is 41.6 Å². The fraction of sp³-hybridized carbons (Fsp3) is 0.360. The number of carbonyl (C=O) groups is 1. The highest BCUT2D eigenvalue weighted by atomic mass is 32.2. The van der Waals surface area contributed by atoms with Crippen molar-refractivity contribution >= 4 is 17.7 Å². The smallest absolute Gasteiger partial charge is 0.252 e. The van der Waals surface area contributed by atoms with E-state index in [2.05, 4.69) is 51.6 Å². The van der Waals surface area contributed by atoms with Crippen LogP contribution in [0.1, 0.15) is 32.9 Å². The van der Waals surface area contributed by atoms with E-state index in [1.54, 1.807) is 11.8 Å². The molecule has 2 heterocycles. The predicted octanol–water partition coefficient (Wildman–Crippen LogP) is 3.95. The number of thioether (sulfide) groups is 1. The van der Waals surface area contributed by atoms with Gasteiger partial charge in [-0.25, -0.2) is 0 Å². The lowest BCUT2D eigenvalue weighted by molar-refractivity contribution is 0.0948. The predicted molar refractivity (Wildman–Crippen MR) is 128 cm³/mol. The standard InChI is InChI=1S/C25H30N4O2S/c1-19-15-22(31-27-19)18-32-24-6-4-3-5-23(24)25(30)26-16-20-7-9-21(10-8-20)17-29-13-11-28(2)12-14-29/h3-10,15H,11-14,16-18H2,1-2H3,(H,26,30). The summed E-state index contributed by atoms with van der Waals surface area (Å²) in [6.07, 6.45) is 0. The Balaban J connectivity index is 1.30.